The fraction of sp³-hybridized carbons (Fsp3) is 0.471. The Morgan fingerprint density at radius 3 is 2.68 bits per heavy atom. The fourth-order valence-electron chi connectivity index (χ4n) is 3.11. The third kappa shape index (κ3) is 2.81. The van der Waals surface area contributed by atoms with Crippen LogP contribution in [0.4, 0.5) is 5.82 Å². The molecular formula is C17H20N4O. The normalized spacial score (nSPS) is 25.3. The van der Waals surface area contributed by atoms with Gasteiger partial charge >= 0.3 is 0 Å². The maximum atomic E-state index is 9.63. The summed E-state index contributed by atoms with van der Waals surface area (Å²) in [7, 11) is 0. The number of rotatable bonds is 5. The molecule has 2 aliphatic carbocycles. The first kappa shape index (κ1) is 13.6. The van der Waals surface area contributed by atoms with E-state index in [2.05, 4.69) is 26.3 Å². The Morgan fingerprint density at radius 1 is 1.14 bits per heavy atom. The minimum atomic E-state index is -0.176. The van der Waals surface area contributed by atoms with E-state index in [1.807, 2.05) is 24.4 Å². The van der Waals surface area contributed by atoms with Crippen LogP contribution in [0.5, 0.6) is 0 Å². The van der Waals surface area contributed by atoms with Gasteiger partial charge in [0.15, 0.2) is 0 Å². The number of hydrogen-bond donors (Lipinski definition) is 2. The minimum absolute atomic E-state index is 0.0894. The van der Waals surface area contributed by atoms with E-state index in [4.69, 9.17) is 0 Å². The summed E-state index contributed by atoms with van der Waals surface area (Å²) in [4.78, 5) is 13.2. The van der Waals surface area contributed by atoms with Gasteiger partial charge in [0.25, 0.3) is 0 Å². The molecule has 0 aliphatic heterocycles. The van der Waals surface area contributed by atoms with Crippen LogP contribution in [0, 0.1) is 5.92 Å². The lowest BCUT2D eigenvalue weighted by atomic mass is 9.76. The van der Waals surface area contributed by atoms with E-state index in [0.717, 1.165) is 30.0 Å². The standard InChI is InChI=1S/C17H20N4O/c22-13-7-12(8-13)17(14-3-1-2-6-18-14)21-16-9-15(11-4-5-11)19-10-20-16/h1-3,6,9-13,17,22H,4-5,7-8H2,(H,19,20,21)/t12?,13?,17-/m1/s1. The molecule has 5 nitrogen and oxygen atoms in total. The first-order chi connectivity index (χ1) is 10.8. The van der Waals surface area contributed by atoms with Crippen molar-refractivity contribution in [3.05, 3.63) is 48.2 Å². The lowest BCUT2D eigenvalue weighted by molar-refractivity contribution is 0.0334. The van der Waals surface area contributed by atoms with Crippen LogP contribution in [0.3, 0.4) is 0 Å². The molecule has 2 aliphatic rings. The van der Waals surface area contributed by atoms with Crippen LogP contribution in [0.2, 0.25) is 0 Å². The Morgan fingerprint density at radius 2 is 2.00 bits per heavy atom. The van der Waals surface area contributed by atoms with Crippen LogP contribution < -0.4 is 5.32 Å². The van der Waals surface area contributed by atoms with E-state index in [1.54, 1.807) is 6.33 Å². The number of nitrogens with zero attached hydrogens (tertiary/aromatic N) is 3. The molecule has 0 unspecified atom stereocenters. The Balaban J connectivity index is 1.57. The second-order valence-electron chi connectivity index (χ2n) is 6.36. The van der Waals surface area contributed by atoms with Gasteiger partial charge in [0.2, 0.25) is 0 Å². The van der Waals surface area contributed by atoms with Crippen LogP contribution in [-0.4, -0.2) is 26.2 Å². The number of nitrogens with one attached hydrogen (secondary N) is 1. The SMILES string of the molecule is OC1CC([C@@H](Nc2cc(C3CC3)ncn2)c2ccccn2)C1. The molecule has 4 rings (SSSR count). The highest BCUT2D eigenvalue weighted by molar-refractivity contribution is 5.40. The Labute approximate surface area is 129 Å². The molecule has 0 radical (unpaired) electrons. The summed E-state index contributed by atoms with van der Waals surface area (Å²) in [5.74, 6) is 1.86. The van der Waals surface area contributed by atoms with Crippen LogP contribution in [0.15, 0.2) is 36.8 Å². The summed E-state index contributed by atoms with van der Waals surface area (Å²) in [6.07, 6.45) is 7.37. The number of aliphatic hydroxyl groups is 1. The largest absolute Gasteiger partial charge is 0.393 e. The number of anilines is 1. The minimum Gasteiger partial charge on any atom is -0.393 e. The number of pyridine rings is 1. The van der Waals surface area contributed by atoms with Gasteiger partial charge in [-0.05, 0) is 43.7 Å². The predicted molar refractivity (Wildman–Crippen MR) is 83.3 cm³/mol. The van der Waals surface area contributed by atoms with Gasteiger partial charge in [0.05, 0.1) is 17.8 Å². The second kappa shape index (κ2) is 5.65. The summed E-state index contributed by atoms with van der Waals surface area (Å²) >= 11 is 0. The molecule has 22 heavy (non-hydrogen) atoms. The van der Waals surface area contributed by atoms with Crippen LogP contribution in [0.25, 0.3) is 0 Å². The zero-order valence-electron chi connectivity index (χ0n) is 12.4. The van der Waals surface area contributed by atoms with Gasteiger partial charge in [-0.25, -0.2) is 9.97 Å². The molecule has 5 heteroatoms. The Bertz CT molecular complexity index is 638. The molecule has 0 amide bonds. The predicted octanol–water partition coefficient (Wildman–Crippen LogP) is 2.67. The van der Waals surface area contributed by atoms with Crippen molar-refractivity contribution in [3.63, 3.8) is 0 Å². The van der Waals surface area contributed by atoms with E-state index in [-0.39, 0.29) is 12.1 Å². The first-order valence-corrected chi connectivity index (χ1v) is 7.97. The molecule has 0 aromatic carbocycles. The monoisotopic (exact) mass is 296 g/mol. The highest BCUT2D eigenvalue weighted by Crippen LogP contribution is 2.41. The van der Waals surface area contributed by atoms with Gasteiger partial charge in [-0.1, -0.05) is 6.07 Å². The summed E-state index contributed by atoms with van der Waals surface area (Å²) in [5, 5.41) is 13.1. The lowest BCUT2D eigenvalue weighted by Gasteiger charge is -2.38. The van der Waals surface area contributed by atoms with E-state index >= 15 is 0 Å². The van der Waals surface area contributed by atoms with Crippen molar-refractivity contribution in [1.82, 2.24) is 15.0 Å². The molecule has 1 atom stereocenters. The molecule has 0 bridgehead atoms. The molecular weight excluding hydrogens is 276 g/mol. The van der Waals surface area contributed by atoms with Crippen molar-refractivity contribution in [1.29, 1.82) is 0 Å². The Hall–Kier alpha value is -2.01. The molecule has 2 saturated carbocycles. The zero-order valence-corrected chi connectivity index (χ0v) is 12.4. The highest BCUT2D eigenvalue weighted by atomic mass is 16.3. The van der Waals surface area contributed by atoms with Crippen molar-refractivity contribution < 1.29 is 5.11 Å². The van der Waals surface area contributed by atoms with Gasteiger partial charge in [-0.3, -0.25) is 4.98 Å². The Kier molecular flexibility index (Phi) is 3.50. The van der Waals surface area contributed by atoms with Crippen molar-refractivity contribution in [3.8, 4) is 0 Å². The number of aliphatic hydroxyl groups excluding tert-OH is 1. The quantitative estimate of drug-likeness (QED) is 0.887. The molecule has 2 fully saturated rings. The summed E-state index contributed by atoms with van der Waals surface area (Å²) in [6.45, 7) is 0. The zero-order chi connectivity index (χ0) is 14.9. The average molecular weight is 296 g/mol. The third-order valence-electron chi connectivity index (χ3n) is 4.61. The van der Waals surface area contributed by atoms with Gasteiger partial charge in [-0.2, -0.15) is 0 Å². The van der Waals surface area contributed by atoms with Gasteiger partial charge in [0, 0.05) is 23.9 Å². The van der Waals surface area contributed by atoms with Gasteiger partial charge in [0.1, 0.15) is 12.1 Å². The smallest absolute Gasteiger partial charge is 0.130 e. The average Bonchev–Trinajstić information content (AvgIpc) is 3.36. The van der Waals surface area contributed by atoms with Crippen LogP contribution >= 0.6 is 0 Å². The molecule has 2 N–H and O–H groups in total. The summed E-state index contributed by atoms with van der Waals surface area (Å²) in [6, 6.07) is 8.11. The molecule has 0 saturated heterocycles. The lowest BCUT2D eigenvalue weighted by Crippen LogP contribution is -2.36. The van der Waals surface area contributed by atoms with Crippen LogP contribution in [0.1, 0.15) is 49.0 Å². The summed E-state index contributed by atoms with van der Waals surface area (Å²) in [5.41, 5.74) is 2.14. The van der Waals surface area contributed by atoms with Crippen molar-refractivity contribution in [2.45, 2.75) is 43.7 Å². The fourth-order valence-corrected chi connectivity index (χ4v) is 3.11. The number of aromatic nitrogens is 3. The highest BCUT2D eigenvalue weighted by Gasteiger charge is 2.36. The van der Waals surface area contributed by atoms with E-state index in [0.29, 0.717) is 11.8 Å². The maximum absolute atomic E-state index is 9.63. The van der Waals surface area contributed by atoms with Gasteiger partial charge < -0.3 is 10.4 Å². The third-order valence-corrected chi connectivity index (χ3v) is 4.61. The molecule has 2 aromatic rings. The van der Waals surface area contributed by atoms with Crippen molar-refractivity contribution in [2.24, 2.45) is 5.92 Å². The van der Waals surface area contributed by atoms with Crippen molar-refractivity contribution >= 4 is 5.82 Å². The number of hydrogen-bond acceptors (Lipinski definition) is 5. The molecule has 0 spiro atoms. The van der Waals surface area contributed by atoms with Gasteiger partial charge in [-0.15, -0.1) is 0 Å². The van der Waals surface area contributed by atoms with Crippen molar-refractivity contribution in [2.75, 3.05) is 5.32 Å². The molecule has 114 valence electrons. The summed E-state index contributed by atoms with van der Waals surface area (Å²) < 4.78 is 0. The van der Waals surface area contributed by atoms with E-state index in [1.165, 1.54) is 12.8 Å². The second-order valence-corrected chi connectivity index (χ2v) is 6.36. The molecule has 2 heterocycles. The van der Waals surface area contributed by atoms with E-state index < -0.39 is 0 Å². The molecule has 2 aromatic heterocycles. The first-order valence-electron chi connectivity index (χ1n) is 7.97. The topological polar surface area (TPSA) is 70.9 Å². The van der Waals surface area contributed by atoms with E-state index in [9.17, 15) is 5.11 Å². The maximum Gasteiger partial charge on any atom is 0.130 e. The van der Waals surface area contributed by atoms with Crippen LogP contribution in [-0.2, 0) is 0 Å².